The van der Waals surface area contributed by atoms with Gasteiger partial charge in [0.2, 0.25) is 0 Å². The summed E-state index contributed by atoms with van der Waals surface area (Å²) in [6, 6.07) is 30.4. The zero-order valence-corrected chi connectivity index (χ0v) is 30.5. The summed E-state index contributed by atoms with van der Waals surface area (Å²) >= 11 is 0. The van der Waals surface area contributed by atoms with Crippen molar-refractivity contribution in [2.75, 3.05) is 0 Å². The maximum atomic E-state index is 13.8. The Morgan fingerprint density at radius 1 is 0.860 bits per heavy atom. The van der Waals surface area contributed by atoms with Gasteiger partial charge in [0.15, 0.2) is 11.3 Å². The van der Waals surface area contributed by atoms with E-state index < -0.39 is 12.7 Å². The fraction of sp³-hybridized carbons (Fsp3) is 0.195. The van der Waals surface area contributed by atoms with Crippen molar-refractivity contribution in [3.63, 3.8) is 0 Å². The molecule has 50 heavy (non-hydrogen) atoms. The van der Waals surface area contributed by atoms with Crippen molar-refractivity contribution in [1.29, 1.82) is 0 Å². The first-order valence-electron chi connectivity index (χ1n) is 17.6. The van der Waals surface area contributed by atoms with E-state index in [1.165, 1.54) is 23.5 Å². The van der Waals surface area contributed by atoms with E-state index in [4.69, 9.17) is 13.5 Å². The SMILES string of the molecule is CC(C)c1cccc(C(C)C)c1-n1c(-c2[c-]ccc3c2oc2ccccc23)nc2ncnnc21.[2H]C([2H])([2H])c1c[c-]c(-c2ccc(C)cn2)c(F)c1.[Ir]. The number of aryl methyl sites for hydroxylation is 2. The van der Waals surface area contributed by atoms with Gasteiger partial charge in [-0.1, -0.05) is 99.6 Å². The van der Waals surface area contributed by atoms with E-state index in [0.717, 1.165) is 44.8 Å². The van der Waals surface area contributed by atoms with Gasteiger partial charge in [-0.3, -0.25) is 9.37 Å². The Labute approximate surface area is 308 Å². The number of rotatable bonds is 5. The monoisotopic (exact) mass is 842 g/mol. The van der Waals surface area contributed by atoms with E-state index in [1.54, 1.807) is 12.3 Å². The van der Waals surface area contributed by atoms with Crippen molar-refractivity contribution in [3.05, 3.63) is 132 Å². The summed E-state index contributed by atoms with van der Waals surface area (Å²) in [5, 5.41) is 10.7. The van der Waals surface area contributed by atoms with Crippen LogP contribution in [-0.4, -0.2) is 29.7 Å². The van der Waals surface area contributed by atoms with Crippen molar-refractivity contribution >= 4 is 33.2 Å². The fourth-order valence-electron chi connectivity index (χ4n) is 6.02. The summed E-state index contributed by atoms with van der Waals surface area (Å²) in [5.74, 6) is 0.673. The van der Waals surface area contributed by atoms with Crippen LogP contribution in [0, 0.1) is 31.7 Å². The standard InChI is InChI=1S/C28H24N5O.C13H11FN.Ir/c1-16(2)18-10-7-11-19(17(3)4)24(18)33-27(31-26-28(33)32-30-15-29-26)22-13-8-12-21-20-9-5-6-14-23(20)34-25(21)22;1-9-3-5-11(12(14)7-9)13-6-4-10(2)8-15-13;/h5-12,14-17H,1-4H3;3-4,6-8H,1-2H3;/q2*-1;/i;1D3;. The van der Waals surface area contributed by atoms with E-state index in [2.05, 4.69) is 88.8 Å². The Morgan fingerprint density at radius 3 is 2.34 bits per heavy atom. The van der Waals surface area contributed by atoms with Crippen LogP contribution in [0.15, 0.2) is 95.8 Å². The molecule has 0 fully saturated rings. The molecule has 0 atom stereocenters. The van der Waals surface area contributed by atoms with Crippen LogP contribution in [0.2, 0.25) is 0 Å². The van der Waals surface area contributed by atoms with E-state index in [-0.39, 0.29) is 31.2 Å². The van der Waals surface area contributed by atoms with Crippen LogP contribution in [0.1, 0.15) is 65.9 Å². The molecule has 4 aromatic heterocycles. The van der Waals surface area contributed by atoms with Gasteiger partial charge in [0.25, 0.3) is 0 Å². The Morgan fingerprint density at radius 2 is 1.64 bits per heavy atom. The van der Waals surface area contributed by atoms with Crippen LogP contribution in [0.5, 0.6) is 0 Å². The number of hydrogen-bond acceptors (Lipinski definition) is 6. The van der Waals surface area contributed by atoms with Crippen LogP contribution >= 0.6 is 0 Å². The van der Waals surface area contributed by atoms with E-state index in [0.29, 0.717) is 34.6 Å². The molecule has 0 aliphatic carbocycles. The van der Waals surface area contributed by atoms with Crippen molar-refractivity contribution in [2.24, 2.45) is 0 Å². The van der Waals surface area contributed by atoms with Gasteiger partial charge in [0.05, 0.1) is 11.4 Å². The first-order chi connectivity index (χ1) is 24.9. The van der Waals surface area contributed by atoms with Gasteiger partial charge >= 0.3 is 0 Å². The molecule has 0 saturated carbocycles. The average Bonchev–Trinajstić information content (AvgIpc) is 3.70. The van der Waals surface area contributed by atoms with Crippen molar-refractivity contribution in [1.82, 2.24) is 29.7 Å². The normalized spacial score (nSPS) is 12.4. The number of benzene rings is 4. The Balaban J connectivity index is 0.000000215. The molecule has 0 amide bonds. The smallest absolute Gasteiger partial charge is 0.197 e. The average molecular weight is 842 g/mol. The summed E-state index contributed by atoms with van der Waals surface area (Å²) < 4.78 is 43.9. The molecule has 1 radical (unpaired) electrons. The zero-order valence-electron chi connectivity index (χ0n) is 31.1. The summed E-state index contributed by atoms with van der Waals surface area (Å²) in [4.78, 5) is 13.5. The van der Waals surface area contributed by atoms with Crippen LogP contribution in [0.3, 0.4) is 0 Å². The number of furan rings is 1. The number of pyridine rings is 1. The second-order valence-electron chi connectivity index (χ2n) is 12.5. The van der Waals surface area contributed by atoms with Crippen LogP contribution in [-0.2, 0) is 20.1 Å². The Kier molecular flexibility index (Phi) is 8.90. The third kappa shape index (κ3) is 6.47. The number of aromatic nitrogens is 6. The van der Waals surface area contributed by atoms with Gasteiger partial charge in [0.1, 0.15) is 11.9 Å². The molecular weight excluding hydrogens is 804 g/mol. The summed E-state index contributed by atoms with van der Waals surface area (Å²) in [6.07, 6.45) is 3.06. The number of halogens is 1. The molecule has 8 aromatic rings. The predicted molar refractivity (Wildman–Crippen MR) is 192 cm³/mol. The second kappa shape index (κ2) is 14.4. The quantitative estimate of drug-likeness (QED) is 0.161. The topological polar surface area (TPSA) is 82.5 Å². The largest absolute Gasteiger partial charge is 0.501 e. The Hall–Kier alpha value is -5.11. The molecule has 4 aromatic carbocycles. The van der Waals surface area contributed by atoms with E-state index in [9.17, 15) is 4.39 Å². The summed E-state index contributed by atoms with van der Waals surface area (Å²) in [6.45, 7) is 8.39. The fourth-order valence-corrected chi connectivity index (χ4v) is 6.02. The number of hydrogen-bond donors (Lipinski definition) is 0. The second-order valence-corrected chi connectivity index (χ2v) is 12.5. The maximum Gasteiger partial charge on any atom is 0.197 e. The minimum absolute atomic E-state index is 0. The van der Waals surface area contributed by atoms with Crippen LogP contribution in [0.25, 0.3) is 61.6 Å². The molecule has 0 spiro atoms. The summed E-state index contributed by atoms with van der Waals surface area (Å²) in [7, 11) is 0. The maximum absolute atomic E-state index is 13.8. The number of imidazole rings is 1. The molecule has 0 unspecified atom stereocenters. The van der Waals surface area contributed by atoms with Gasteiger partial charge in [-0.15, -0.1) is 52.2 Å². The van der Waals surface area contributed by atoms with Crippen molar-refractivity contribution in [3.8, 4) is 28.3 Å². The third-order valence-corrected chi connectivity index (χ3v) is 8.41. The minimum Gasteiger partial charge on any atom is -0.501 e. The molecule has 8 rings (SSSR count). The van der Waals surface area contributed by atoms with Crippen molar-refractivity contribution in [2.45, 2.75) is 53.3 Å². The van der Waals surface area contributed by atoms with Gasteiger partial charge < -0.3 is 14.0 Å². The van der Waals surface area contributed by atoms with Gasteiger partial charge in [-0.25, -0.2) is 4.98 Å². The first kappa shape index (κ1) is 30.9. The number of fused-ring (bicyclic) bond motifs is 4. The van der Waals surface area contributed by atoms with Gasteiger partial charge in [0, 0.05) is 47.3 Å². The third-order valence-electron chi connectivity index (χ3n) is 8.41. The van der Waals surface area contributed by atoms with Gasteiger partial charge in [-0.05, 0) is 47.2 Å². The molecule has 0 aliphatic rings. The minimum atomic E-state index is -2.32. The molecule has 7 nitrogen and oxygen atoms in total. The van der Waals surface area contributed by atoms with Gasteiger partial charge in [-0.2, -0.15) is 0 Å². The molecule has 0 N–H and O–H groups in total. The van der Waals surface area contributed by atoms with Crippen LogP contribution < -0.4 is 0 Å². The van der Waals surface area contributed by atoms with E-state index >= 15 is 0 Å². The molecule has 9 heteroatoms. The van der Waals surface area contributed by atoms with E-state index in [1.807, 2.05) is 43.3 Å². The molecule has 4 heterocycles. The van der Waals surface area contributed by atoms with Crippen molar-refractivity contribution < 1.29 is 33.0 Å². The molecule has 0 aliphatic heterocycles. The molecular formula is C41H35FIrN6O-2. The summed E-state index contributed by atoms with van der Waals surface area (Å²) in [5.41, 5.74) is 8.57. The molecule has 253 valence electrons. The number of nitrogens with zero attached hydrogens (tertiary/aromatic N) is 6. The predicted octanol–water partition coefficient (Wildman–Crippen LogP) is 10.1. The molecule has 0 saturated heterocycles. The Bertz CT molecular complexity index is 2540. The van der Waals surface area contributed by atoms with Crippen LogP contribution in [0.4, 0.5) is 4.39 Å². The zero-order chi connectivity index (χ0) is 36.7. The number of para-hydroxylation sites is 2. The first-order valence-corrected chi connectivity index (χ1v) is 16.1. The molecule has 0 bridgehead atoms.